The zero-order valence-corrected chi connectivity index (χ0v) is 26.7. The number of rotatable bonds is 7. The molecule has 2 aromatic carbocycles. The van der Waals surface area contributed by atoms with Crippen LogP contribution in [0.25, 0.3) is 27.7 Å². The SMILES string of the molecule is CNC1CCN(c2ccc(C3=C[C@](C)(S(=O)(=O)n4cc(-c5ccc(C(=O)N(C)C)cc5)c5cccnc54)CC=C3)cc2C)C1. The van der Waals surface area contributed by atoms with Gasteiger partial charge < -0.3 is 15.1 Å². The molecule has 1 unspecified atom stereocenters. The molecule has 2 atom stereocenters. The summed E-state index contributed by atoms with van der Waals surface area (Å²) in [4.78, 5) is 20.9. The highest BCUT2D eigenvalue weighted by atomic mass is 32.2. The van der Waals surface area contributed by atoms with Crippen LogP contribution in [0.4, 0.5) is 5.69 Å². The Morgan fingerprint density at radius 2 is 1.84 bits per heavy atom. The average molecular weight is 610 g/mol. The Balaban J connectivity index is 1.36. The van der Waals surface area contributed by atoms with Gasteiger partial charge in [-0.3, -0.25) is 4.79 Å². The Labute approximate surface area is 259 Å². The van der Waals surface area contributed by atoms with Gasteiger partial charge in [-0.15, -0.1) is 0 Å². The van der Waals surface area contributed by atoms with Crippen LogP contribution in [0.2, 0.25) is 0 Å². The van der Waals surface area contributed by atoms with Gasteiger partial charge in [0.1, 0.15) is 4.75 Å². The molecule has 1 fully saturated rings. The number of benzene rings is 2. The predicted molar refractivity (Wildman–Crippen MR) is 178 cm³/mol. The lowest BCUT2D eigenvalue weighted by Gasteiger charge is -2.29. The van der Waals surface area contributed by atoms with E-state index in [1.165, 1.54) is 20.1 Å². The molecule has 8 nitrogen and oxygen atoms in total. The number of carbonyl (C=O) groups is 1. The zero-order valence-electron chi connectivity index (χ0n) is 25.9. The highest BCUT2D eigenvalue weighted by Crippen LogP contribution is 2.39. The normalized spacial score (nSPS) is 20.2. The van der Waals surface area contributed by atoms with Crippen molar-refractivity contribution in [1.82, 2.24) is 19.2 Å². The second kappa shape index (κ2) is 11.4. The largest absolute Gasteiger partial charge is 0.370 e. The monoisotopic (exact) mass is 609 g/mol. The van der Waals surface area contributed by atoms with Gasteiger partial charge in [0.2, 0.25) is 10.0 Å². The molecule has 2 aromatic heterocycles. The molecule has 6 rings (SSSR count). The Kier molecular flexibility index (Phi) is 7.71. The first-order valence-electron chi connectivity index (χ1n) is 15.0. The van der Waals surface area contributed by atoms with E-state index in [0.29, 0.717) is 23.7 Å². The van der Waals surface area contributed by atoms with Gasteiger partial charge in [-0.25, -0.2) is 17.4 Å². The predicted octanol–water partition coefficient (Wildman–Crippen LogP) is 5.49. The standard InChI is InChI=1S/C35H39N5O3S/c1-24-20-27(14-15-32(24)39-19-16-29(22-39)36-3)28-8-6-17-35(2,21-28)44(42,43)40-23-31(30-9-7-18-37-33(30)40)25-10-12-26(13-11-25)34(41)38(4)5/h6-15,18,20-21,23,29,36H,16-17,19,22H2,1-5H3/t29?,35-/m1/s1. The number of aromatic nitrogens is 2. The van der Waals surface area contributed by atoms with Crippen LogP contribution >= 0.6 is 0 Å². The van der Waals surface area contributed by atoms with Crippen molar-refractivity contribution >= 4 is 38.2 Å². The van der Waals surface area contributed by atoms with Crippen LogP contribution in [0, 0.1) is 6.92 Å². The van der Waals surface area contributed by atoms with Crippen LogP contribution in [0.5, 0.6) is 0 Å². The third-order valence-corrected chi connectivity index (χ3v) is 11.2. The molecule has 9 heteroatoms. The van der Waals surface area contributed by atoms with Gasteiger partial charge >= 0.3 is 0 Å². The Morgan fingerprint density at radius 1 is 1.09 bits per heavy atom. The summed E-state index contributed by atoms with van der Waals surface area (Å²) in [5.74, 6) is -0.0904. The molecule has 44 heavy (non-hydrogen) atoms. The van der Waals surface area contributed by atoms with E-state index in [9.17, 15) is 13.2 Å². The van der Waals surface area contributed by atoms with E-state index in [1.54, 1.807) is 45.5 Å². The zero-order chi connectivity index (χ0) is 31.2. The highest BCUT2D eigenvalue weighted by molar-refractivity contribution is 7.91. The topological polar surface area (TPSA) is 87.5 Å². The van der Waals surface area contributed by atoms with E-state index in [4.69, 9.17) is 0 Å². The maximum Gasteiger partial charge on any atom is 0.253 e. The fourth-order valence-electron chi connectivity index (χ4n) is 6.34. The van der Waals surface area contributed by atoms with Gasteiger partial charge in [0.15, 0.2) is 5.65 Å². The molecule has 1 aliphatic carbocycles. The Hall–Kier alpha value is -4.21. The quantitative estimate of drug-likeness (QED) is 0.298. The van der Waals surface area contributed by atoms with Crippen molar-refractivity contribution in [2.45, 2.75) is 37.5 Å². The summed E-state index contributed by atoms with van der Waals surface area (Å²) in [6.45, 7) is 5.90. The maximum absolute atomic E-state index is 14.5. The molecular weight excluding hydrogens is 570 g/mol. The first-order chi connectivity index (χ1) is 21.0. The summed E-state index contributed by atoms with van der Waals surface area (Å²) in [6, 6.07) is 17.8. The van der Waals surface area contributed by atoms with Crippen LogP contribution in [-0.2, 0) is 10.0 Å². The average Bonchev–Trinajstić information content (AvgIpc) is 3.66. The minimum absolute atomic E-state index is 0.0904. The van der Waals surface area contributed by atoms with Crippen molar-refractivity contribution in [2.24, 2.45) is 0 Å². The van der Waals surface area contributed by atoms with Crippen molar-refractivity contribution in [2.75, 3.05) is 39.1 Å². The highest BCUT2D eigenvalue weighted by Gasteiger charge is 2.41. The number of hydrogen-bond donors (Lipinski definition) is 1. The van der Waals surface area contributed by atoms with Crippen LogP contribution < -0.4 is 10.2 Å². The molecule has 1 saturated heterocycles. The molecule has 228 valence electrons. The van der Waals surface area contributed by atoms with E-state index >= 15 is 0 Å². The summed E-state index contributed by atoms with van der Waals surface area (Å²) in [7, 11) is 1.50. The first kappa shape index (κ1) is 29.8. The number of amides is 1. The number of aryl methyl sites for hydroxylation is 1. The fraction of sp³-hybridized carbons (Fsp3) is 0.314. The molecule has 1 aliphatic heterocycles. The molecule has 4 aromatic rings. The Bertz CT molecular complexity index is 1910. The summed E-state index contributed by atoms with van der Waals surface area (Å²) in [5, 5.41) is 4.11. The lowest BCUT2D eigenvalue weighted by Crippen LogP contribution is -2.38. The molecule has 2 aliphatic rings. The van der Waals surface area contributed by atoms with E-state index in [0.717, 1.165) is 47.2 Å². The molecule has 0 saturated carbocycles. The number of anilines is 1. The van der Waals surface area contributed by atoms with Crippen LogP contribution in [-0.4, -0.2) is 73.2 Å². The number of pyridine rings is 1. The molecular formula is C35H39N5O3S. The number of hydrogen-bond acceptors (Lipinski definition) is 6. The molecule has 1 amide bonds. The number of allylic oxidation sites excluding steroid dienone is 3. The van der Waals surface area contributed by atoms with E-state index in [2.05, 4.69) is 40.3 Å². The minimum atomic E-state index is -3.94. The summed E-state index contributed by atoms with van der Waals surface area (Å²) >= 11 is 0. The fourth-order valence-corrected chi connectivity index (χ4v) is 7.99. The van der Waals surface area contributed by atoms with Gasteiger partial charge in [-0.1, -0.05) is 36.4 Å². The lowest BCUT2D eigenvalue weighted by molar-refractivity contribution is 0.0827. The van der Waals surface area contributed by atoms with Crippen molar-refractivity contribution < 1.29 is 13.2 Å². The number of likely N-dealkylation sites (N-methyl/N-ethyl adjacent to an activating group) is 1. The number of carbonyl (C=O) groups excluding carboxylic acids is 1. The van der Waals surface area contributed by atoms with Crippen LogP contribution in [0.3, 0.4) is 0 Å². The maximum atomic E-state index is 14.5. The molecule has 3 heterocycles. The molecule has 1 N–H and O–H groups in total. The second-order valence-corrected chi connectivity index (χ2v) is 14.5. The summed E-state index contributed by atoms with van der Waals surface area (Å²) in [5.41, 5.74) is 6.78. The number of fused-ring (bicyclic) bond motifs is 1. The van der Waals surface area contributed by atoms with E-state index in [1.807, 2.05) is 49.5 Å². The summed E-state index contributed by atoms with van der Waals surface area (Å²) in [6.07, 6.45) is 10.6. The van der Waals surface area contributed by atoms with Gasteiger partial charge in [-0.05, 0) is 92.4 Å². The second-order valence-electron chi connectivity index (χ2n) is 12.2. The minimum Gasteiger partial charge on any atom is -0.370 e. The van der Waals surface area contributed by atoms with Gasteiger partial charge in [0.05, 0.1) is 0 Å². The number of nitrogens with one attached hydrogen (secondary N) is 1. The third-order valence-electron chi connectivity index (χ3n) is 8.98. The summed E-state index contributed by atoms with van der Waals surface area (Å²) < 4.78 is 29.1. The van der Waals surface area contributed by atoms with Crippen molar-refractivity contribution in [3.05, 3.63) is 102 Å². The van der Waals surface area contributed by atoms with Gasteiger partial charge in [-0.2, -0.15) is 0 Å². The molecule has 0 spiro atoms. The first-order valence-corrected chi connectivity index (χ1v) is 16.4. The van der Waals surface area contributed by atoms with Gasteiger partial charge in [0, 0.05) is 67.8 Å². The molecule has 0 radical (unpaired) electrons. The van der Waals surface area contributed by atoms with Crippen molar-refractivity contribution in [3.63, 3.8) is 0 Å². The lowest BCUT2D eigenvalue weighted by atomic mass is 9.92. The number of nitrogens with zero attached hydrogens (tertiary/aromatic N) is 4. The van der Waals surface area contributed by atoms with Crippen molar-refractivity contribution in [3.8, 4) is 11.1 Å². The van der Waals surface area contributed by atoms with Crippen molar-refractivity contribution in [1.29, 1.82) is 0 Å². The Morgan fingerprint density at radius 3 is 2.52 bits per heavy atom. The van der Waals surface area contributed by atoms with Crippen LogP contribution in [0.1, 0.15) is 41.3 Å². The van der Waals surface area contributed by atoms with E-state index < -0.39 is 14.8 Å². The van der Waals surface area contributed by atoms with Crippen LogP contribution in [0.15, 0.2) is 85.2 Å². The molecule has 0 bridgehead atoms. The van der Waals surface area contributed by atoms with Gasteiger partial charge in [0.25, 0.3) is 5.91 Å². The van der Waals surface area contributed by atoms with E-state index in [-0.39, 0.29) is 5.91 Å². The smallest absolute Gasteiger partial charge is 0.253 e. The third kappa shape index (κ3) is 5.14.